The van der Waals surface area contributed by atoms with Gasteiger partial charge in [0.25, 0.3) is 5.91 Å². The van der Waals surface area contributed by atoms with Gasteiger partial charge in [0.2, 0.25) is 5.95 Å². The number of nitrogens with one attached hydrogen (secondary N) is 1. The Kier molecular flexibility index (Phi) is 5.08. The highest BCUT2D eigenvalue weighted by Crippen LogP contribution is 2.20. The van der Waals surface area contributed by atoms with E-state index in [0.717, 1.165) is 24.0 Å². The molecule has 1 aromatic heterocycles. The van der Waals surface area contributed by atoms with E-state index in [4.69, 9.17) is 0 Å². The smallest absolute Gasteiger partial charge is 0.257 e. The number of carbonyl (C=O) groups is 1. The van der Waals surface area contributed by atoms with Crippen molar-refractivity contribution in [1.29, 1.82) is 0 Å². The Bertz CT molecular complexity index is 1040. The molecule has 0 radical (unpaired) electrons. The standard InChI is InChI=1S/C19H21N3O3S/c1-3-12-22-17-7-5-4-6-16(17)20-19(22)21-18(23)15-10-8-14(9-11-15)13-26(2,24)25/h4-11H,3,12-13H2,1-2H3,(H,20,21,23). The van der Waals surface area contributed by atoms with Gasteiger partial charge in [-0.25, -0.2) is 13.4 Å². The largest absolute Gasteiger partial charge is 0.310 e. The molecule has 0 bridgehead atoms. The van der Waals surface area contributed by atoms with Crippen LogP contribution in [0.1, 0.15) is 29.3 Å². The van der Waals surface area contributed by atoms with Gasteiger partial charge in [-0.05, 0) is 36.2 Å². The summed E-state index contributed by atoms with van der Waals surface area (Å²) in [5.74, 6) is 0.197. The molecule has 0 saturated heterocycles. The fourth-order valence-electron chi connectivity index (χ4n) is 2.85. The number of para-hydroxylation sites is 2. The number of hydrogen-bond acceptors (Lipinski definition) is 4. The molecule has 0 aliphatic carbocycles. The molecule has 1 amide bonds. The molecular weight excluding hydrogens is 350 g/mol. The Balaban J connectivity index is 1.84. The van der Waals surface area contributed by atoms with Crippen LogP contribution >= 0.6 is 0 Å². The van der Waals surface area contributed by atoms with Crippen molar-refractivity contribution in [2.24, 2.45) is 0 Å². The zero-order valence-corrected chi connectivity index (χ0v) is 15.6. The third-order valence-corrected chi connectivity index (χ3v) is 4.83. The second kappa shape index (κ2) is 7.29. The SMILES string of the molecule is CCCn1c(NC(=O)c2ccc(CS(C)(=O)=O)cc2)nc2ccccc21. The quantitative estimate of drug-likeness (QED) is 0.721. The summed E-state index contributed by atoms with van der Waals surface area (Å²) >= 11 is 0. The van der Waals surface area contributed by atoms with Crippen LogP contribution in [0, 0.1) is 0 Å². The van der Waals surface area contributed by atoms with Gasteiger partial charge in [0, 0.05) is 18.4 Å². The molecular formula is C19H21N3O3S. The Morgan fingerprint density at radius 3 is 2.46 bits per heavy atom. The van der Waals surface area contributed by atoms with Gasteiger partial charge in [-0.3, -0.25) is 10.1 Å². The first kappa shape index (κ1) is 18.1. The summed E-state index contributed by atoms with van der Waals surface area (Å²) in [5.41, 5.74) is 2.92. The topological polar surface area (TPSA) is 81.1 Å². The predicted octanol–water partition coefficient (Wildman–Crippen LogP) is 3.24. The third kappa shape index (κ3) is 4.11. The molecule has 0 atom stereocenters. The summed E-state index contributed by atoms with van der Waals surface area (Å²) in [5, 5.41) is 2.86. The normalized spacial score (nSPS) is 11.6. The summed E-state index contributed by atoms with van der Waals surface area (Å²) < 4.78 is 24.7. The molecule has 0 fully saturated rings. The van der Waals surface area contributed by atoms with E-state index in [-0.39, 0.29) is 11.7 Å². The van der Waals surface area contributed by atoms with Gasteiger partial charge in [0.15, 0.2) is 9.84 Å². The molecule has 0 spiro atoms. The number of hydrogen-bond donors (Lipinski definition) is 1. The molecule has 0 saturated carbocycles. The highest BCUT2D eigenvalue weighted by Gasteiger charge is 2.14. The highest BCUT2D eigenvalue weighted by atomic mass is 32.2. The van der Waals surface area contributed by atoms with Crippen molar-refractivity contribution in [2.75, 3.05) is 11.6 Å². The van der Waals surface area contributed by atoms with Crippen molar-refractivity contribution in [2.45, 2.75) is 25.6 Å². The van der Waals surface area contributed by atoms with E-state index >= 15 is 0 Å². The van der Waals surface area contributed by atoms with Crippen molar-refractivity contribution < 1.29 is 13.2 Å². The number of amides is 1. The van der Waals surface area contributed by atoms with E-state index in [9.17, 15) is 13.2 Å². The van der Waals surface area contributed by atoms with Gasteiger partial charge in [-0.15, -0.1) is 0 Å². The van der Waals surface area contributed by atoms with Crippen LogP contribution in [0.25, 0.3) is 11.0 Å². The van der Waals surface area contributed by atoms with Crippen molar-refractivity contribution >= 4 is 32.7 Å². The number of aromatic nitrogens is 2. The van der Waals surface area contributed by atoms with Crippen LogP contribution in [0.15, 0.2) is 48.5 Å². The van der Waals surface area contributed by atoms with Crippen LogP contribution in [0.2, 0.25) is 0 Å². The van der Waals surface area contributed by atoms with Crippen molar-refractivity contribution in [3.63, 3.8) is 0 Å². The number of benzene rings is 2. The number of anilines is 1. The lowest BCUT2D eigenvalue weighted by Crippen LogP contribution is -2.16. The minimum atomic E-state index is -3.10. The van der Waals surface area contributed by atoms with E-state index in [1.165, 1.54) is 6.26 Å². The van der Waals surface area contributed by atoms with Crippen LogP contribution in [-0.2, 0) is 22.1 Å². The lowest BCUT2D eigenvalue weighted by atomic mass is 10.1. The van der Waals surface area contributed by atoms with Crippen LogP contribution in [0.5, 0.6) is 0 Å². The molecule has 136 valence electrons. The Hall–Kier alpha value is -2.67. The highest BCUT2D eigenvalue weighted by molar-refractivity contribution is 7.89. The van der Waals surface area contributed by atoms with Crippen molar-refractivity contribution in [3.05, 3.63) is 59.7 Å². The van der Waals surface area contributed by atoms with Gasteiger partial charge >= 0.3 is 0 Å². The maximum absolute atomic E-state index is 12.6. The van der Waals surface area contributed by atoms with E-state index in [0.29, 0.717) is 17.1 Å². The molecule has 0 aliphatic heterocycles. The number of rotatable bonds is 6. The zero-order valence-electron chi connectivity index (χ0n) is 14.8. The van der Waals surface area contributed by atoms with Crippen LogP contribution in [0.4, 0.5) is 5.95 Å². The van der Waals surface area contributed by atoms with E-state index in [1.54, 1.807) is 24.3 Å². The summed E-state index contributed by atoms with van der Waals surface area (Å²) in [4.78, 5) is 17.1. The van der Waals surface area contributed by atoms with Gasteiger partial charge < -0.3 is 4.57 Å². The first-order valence-corrected chi connectivity index (χ1v) is 10.5. The average Bonchev–Trinajstić information content (AvgIpc) is 2.92. The fourth-order valence-corrected chi connectivity index (χ4v) is 3.65. The van der Waals surface area contributed by atoms with Gasteiger partial charge in [0.05, 0.1) is 16.8 Å². The van der Waals surface area contributed by atoms with E-state index in [1.807, 2.05) is 28.8 Å². The molecule has 3 rings (SSSR count). The van der Waals surface area contributed by atoms with Crippen LogP contribution < -0.4 is 5.32 Å². The van der Waals surface area contributed by atoms with E-state index in [2.05, 4.69) is 17.2 Å². The minimum absolute atomic E-state index is 0.0405. The predicted molar refractivity (Wildman–Crippen MR) is 103 cm³/mol. The van der Waals surface area contributed by atoms with Crippen molar-refractivity contribution in [1.82, 2.24) is 9.55 Å². The average molecular weight is 371 g/mol. The molecule has 0 unspecified atom stereocenters. The molecule has 0 aliphatic rings. The first-order chi connectivity index (χ1) is 12.4. The molecule has 6 nitrogen and oxygen atoms in total. The van der Waals surface area contributed by atoms with E-state index < -0.39 is 9.84 Å². The third-order valence-electron chi connectivity index (χ3n) is 3.97. The fraction of sp³-hybridized carbons (Fsp3) is 0.263. The van der Waals surface area contributed by atoms with Crippen LogP contribution in [0.3, 0.4) is 0 Å². The Labute approximate surface area is 152 Å². The molecule has 26 heavy (non-hydrogen) atoms. The second-order valence-corrected chi connectivity index (χ2v) is 8.44. The summed E-state index contributed by atoms with van der Waals surface area (Å²) in [6.07, 6.45) is 2.11. The summed E-state index contributed by atoms with van der Waals surface area (Å²) in [6, 6.07) is 14.3. The number of fused-ring (bicyclic) bond motifs is 1. The number of aryl methyl sites for hydroxylation is 1. The lowest BCUT2D eigenvalue weighted by Gasteiger charge is -2.09. The molecule has 1 heterocycles. The summed E-state index contributed by atoms with van der Waals surface area (Å²) in [6.45, 7) is 2.82. The zero-order chi connectivity index (χ0) is 18.7. The van der Waals surface area contributed by atoms with Crippen molar-refractivity contribution in [3.8, 4) is 0 Å². The number of sulfone groups is 1. The maximum Gasteiger partial charge on any atom is 0.257 e. The minimum Gasteiger partial charge on any atom is -0.310 e. The monoisotopic (exact) mass is 371 g/mol. The Morgan fingerprint density at radius 1 is 1.12 bits per heavy atom. The summed E-state index contributed by atoms with van der Waals surface area (Å²) in [7, 11) is -3.10. The van der Waals surface area contributed by atoms with Gasteiger partial charge in [-0.2, -0.15) is 0 Å². The van der Waals surface area contributed by atoms with Gasteiger partial charge in [0.1, 0.15) is 0 Å². The first-order valence-electron chi connectivity index (χ1n) is 8.40. The maximum atomic E-state index is 12.6. The molecule has 7 heteroatoms. The van der Waals surface area contributed by atoms with Gasteiger partial charge in [-0.1, -0.05) is 31.2 Å². The molecule has 1 N–H and O–H groups in total. The Morgan fingerprint density at radius 2 is 1.81 bits per heavy atom. The number of imidazole rings is 1. The lowest BCUT2D eigenvalue weighted by molar-refractivity contribution is 0.102. The molecule has 2 aromatic carbocycles. The number of carbonyl (C=O) groups excluding carboxylic acids is 1. The number of nitrogens with zero attached hydrogens (tertiary/aromatic N) is 2. The molecule has 3 aromatic rings. The second-order valence-electron chi connectivity index (χ2n) is 6.30. The van der Waals surface area contributed by atoms with Crippen LogP contribution in [-0.4, -0.2) is 30.1 Å².